The first-order chi connectivity index (χ1) is 4.84. The molecule has 1 rings (SSSR count). The molecule has 1 nitrogen and oxygen atoms in total. The Morgan fingerprint density at radius 1 is 1.70 bits per heavy atom. The van der Waals surface area contributed by atoms with E-state index >= 15 is 0 Å². The lowest BCUT2D eigenvalue weighted by molar-refractivity contribution is 0.673. The van der Waals surface area contributed by atoms with E-state index in [-0.39, 0.29) is 0 Å². The largest absolute Gasteiger partial charge is 0.282 e. The molecule has 1 heterocycles. The average Bonchev–Trinajstić information content (AvgIpc) is 2.38. The van der Waals surface area contributed by atoms with Gasteiger partial charge in [0.1, 0.15) is 0 Å². The first-order valence-electron chi connectivity index (χ1n) is 4.01. The third-order valence-corrected chi connectivity index (χ3v) is 2.97. The molecule has 0 saturated heterocycles. The van der Waals surface area contributed by atoms with Crippen LogP contribution >= 0.6 is 11.8 Å². The zero-order valence-corrected chi connectivity index (χ0v) is 7.58. The van der Waals surface area contributed by atoms with Crippen molar-refractivity contribution < 1.29 is 0 Å². The van der Waals surface area contributed by atoms with Gasteiger partial charge in [-0.2, -0.15) is 0 Å². The summed E-state index contributed by atoms with van der Waals surface area (Å²) in [5, 5.41) is 1.39. The van der Waals surface area contributed by atoms with Crippen molar-refractivity contribution in [2.75, 3.05) is 12.3 Å². The second-order valence-electron chi connectivity index (χ2n) is 2.76. The minimum atomic E-state index is 0.720. The highest BCUT2D eigenvalue weighted by Gasteiger charge is 2.13. The summed E-state index contributed by atoms with van der Waals surface area (Å²) in [6.07, 6.45) is 2.58. The lowest BCUT2D eigenvalue weighted by Crippen LogP contribution is -2.03. The Kier molecular flexibility index (Phi) is 3.26. The maximum atomic E-state index is 4.43. The summed E-state index contributed by atoms with van der Waals surface area (Å²) >= 11 is 1.94. The van der Waals surface area contributed by atoms with Gasteiger partial charge in [0.05, 0.1) is 5.04 Å². The van der Waals surface area contributed by atoms with Crippen molar-refractivity contribution in [1.82, 2.24) is 0 Å². The fourth-order valence-electron chi connectivity index (χ4n) is 1.21. The van der Waals surface area contributed by atoms with Crippen LogP contribution in [0, 0.1) is 5.92 Å². The highest BCUT2D eigenvalue weighted by molar-refractivity contribution is 8.14. The van der Waals surface area contributed by atoms with E-state index in [1.54, 1.807) is 0 Å². The molecule has 0 aromatic heterocycles. The average molecular weight is 157 g/mol. The molecule has 0 fully saturated rings. The highest BCUT2D eigenvalue weighted by Crippen LogP contribution is 2.21. The van der Waals surface area contributed by atoms with Gasteiger partial charge in [0.15, 0.2) is 0 Å². The van der Waals surface area contributed by atoms with E-state index in [9.17, 15) is 0 Å². The zero-order chi connectivity index (χ0) is 7.40. The van der Waals surface area contributed by atoms with Crippen LogP contribution in [0.25, 0.3) is 0 Å². The van der Waals surface area contributed by atoms with E-state index in [1.165, 1.54) is 23.6 Å². The fourth-order valence-corrected chi connectivity index (χ4v) is 2.18. The minimum absolute atomic E-state index is 0.720. The van der Waals surface area contributed by atoms with Gasteiger partial charge < -0.3 is 0 Å². The molecule has 58 valence electrons. The first kappa shape index (κ1) is 8.12. The Hall–Kier alpha value is 0.0200. The molecule has 1 atom stereocenters. The van der Waals surface area contributed by atoms with Gasteiger partial charge in [0.25, 0.3) is 0 Å². The molecule has 2 heteroatoms. The maximum absolute atomic E-state index is 4.43. The lowest BCUT2D eigenvalue weighted by atomic mass is 10.1. The molecule has 1 aliphatic rings. The number of aliphatic imine (C=N–C) groups is 1. The van der Waals surface area contributed by atoms with Crippen molar-refractivity contribution in [3.05, 3.63) is 0 Å². The Labute approximate surface area is 67.3 Å². The molecule has 0 aromatic carbocycles. The van der Waals surface area contributed by atoms with Crippen molar-refractivity contribution in [2.24, 2.45) is 10.9 Å². The quantitative estimate of drug-likeness (QED) is 0.613. The van der Waals surface area contributed by atoms with Crippen molar-refractivity contribution in [3.8, 4) is 0 Å². The van der Waals surface area contributed by atoms with Gasteiger partial charge in [-0.25, -0.2) is 0 Å². The topological polar surface area (TPSA) is 12.4 Å². The Morgan fingerprint density at radius 3 is 3.00 bits per heavy atom. The summed E-state index contributed by atoms with van der Waals surface area (Å²) in [4.78, 5) is 4.43. The minimum Gasteiger partial charge on any atom is -0.282 e. The van der Waals surface area contributed by atoms with Crippen molar-refractivity contribution in [3.63, 3.8) is 0 Å². The molecule has 1 aliphatic heterocycles. The third-order valence-electron chi connectivity index (χ3n) is 1.75. The molecule has 0 amide bonds. The maximum Gasteiger partial charge on any atom is 0.0705 e. The van der Waals surface area contributed by atoms with Gasteiger partial charge >= 0.3 is 0 Å². The second kappa shape index (κ2) is 4.02. The molecular weight excluding hydrogens is 142 g/mol. The van der Waals surface area contributed by atoms with Crippen LogP contribution in [0.3, 0.4) is 0 Å². The smallest absolute Gasteiger partial charge is 0.0705 e. The van der Waals surface area contributed by atoms with Crippen LogP contribution in [0.4, 0.5) is 0 Å². The molecule has 0 bridgehead atoms. The number of hydrogen-bond donors (Lipinski definition) is 0. The van der Waals surface area contributed by atoms with Gasteiger partial charge in [0.2, 0.25) is 0 Å². The summed E-state index contributed by atoms with van der Waals surface area (Å²) < 4.78 is 0. The molecule has 0 aliphatic carbocycles. The van der Waals surface area contributed by atoms with E-state index in [0.717, 1.165) is 12.5 Å². The van der Waals surface area contributed by atoms with E-state index < -0.39 is 0 Å². The van der Waals surface area contributed by atoms with Gasteiger partial charge in [-0.05, 0) is 6.42 Å². The summed E-state index contributed by atoms with van der Waals surface area (Å²) in [5.74, 6) is 1.93. The third kappa shape index (κ3) is 2.01. The van der Waals surface area contributed by atoms with E-state index in [0.29, 0.717) is 0 Å². The molecule has 0 N–H and O–H groups in total. The van der Waals surface area contributed by atoms with Crippen molar-refractivity contribution in [2.45, 2.75) is 26.7 Å². The lowest BCUT2D eigenvalue weighted by Gasteiger charge is -2.07. The number of nitrogens with zero attached hydrogens (tertiary/aromatic N) is 1. The molecule has 0 aromatic rings. The fraction of sp³-hybridized carbons (Fsp3) is 0.875. The van der Waals surface area contributed by atoms with E-state index in [1.807, 2.05) is 11.8 Å². The van der Waals surface area contributed by atoms with Crippen LogP contribution in [-0.4, -0.2) is 17.3 Å². The van der Waals surface area contributed by atoms with Crippen LogP contribution in [0.1, 0.15) is 26.7 Å². The molecule has 10 heavy (non-hydrogen) atoms. The van der Waals surface area contributed by atoms with E-state index in [2.05, 4.69) is 18.8 Å². The normalized spacial score (nSPS) is 20.8. The van der Waals surface area contributed by atoms with Crippen LogP contribution in [-0.2, 0) is 0 Å². The predicted molar refractivity (Wildman–Crippen MR) is 48.8 cm³/mol. The summed E-state index contributed by atoms with van der Waals surface area (Å²) in [7, 11) is 0. The molecule has 1 unspecified atom stereocenters. The second-order valence-corrected chi connectivity index (χ2v) is 3.87. The summed E-state index contributed by atoms with van der Waals surface area (Å²) in [6, 6.07) is 0. The number of thioether (sulfide) groups is 1. The summed E-state index contributed by atoms with van der Waals surface area (Å²) in [5.41, 5.74) is 0. The van der Waals surface area contributed by atoms with Crippen molar-refractivity contribution in [1.29, 1.82) is 0 Å². The van der Waals surface area contributed by atoms with Gasteiger partial charge in [-0.15, -0.1) is 11.8 Å². The molecule has 0 saturated carbocycles. The van der Waals surface area contributed by atoms with Crippen LogP contribution < -0.4 is 0 Å². The number of hydrogen-bond acceptors (Lipinski definition) is 2. The van der Waals surface area contributed by atoms with Crippen LogP contribution in [0.2, 0.25) is 0 Å². The summed E-state index contributed by atoms with van der Waals surface area (Å²) in [6.45, 7) is 5.56. The standard InChI is InChI=1S/C8H15NS/c1-3-4-7(2)8-9-5-6-10-8/h7H,3-6H2,1-2H3. The predicted octanol–water partition coefficient (Wildman–Crippen LogP) is 2.57. The van der Waals surface area contributed by atoms with Gasteiger partial charge in [-0.3, -0.25) is 4.99 Å². The van der Waals surface area contributed by atoms with Gasteiger partial charge in [0, 0.05) is 18.2 Å². The SMILES string of the molecule is CCCC(C)C1=NCCS1. The Morgan fingerprint density at radius 2 is 2.50 bits per heavy atom. The zero-order valence-electron chi connectivity index (χ0n) is 6.76. The molecule has 0 radical (unpaired) electrons. The van der Waals surface area contributed by atoms with Gasteiger partial charge in [-0.1, -0.05) is 20.3 Å². The Bertz CT molecular complexity index is 131. The molecule has 0 spiro atoms. The van der Waals surface area contributed by atoms with Crippen LogP contribution in [0.15, 0.2) is 4.99 Å². The molecular formula is C8H15NS. The van der Waals surface area contributed by atoms with E-state index in [4.69, 9.17) is 0 Å². The first-order valence-corrected chi connectivity index (χ1v) is 5.00. The Balaban J connectivity index is 2.32. The number of rotatable bonds is 3. The van der Waals surface area contributed by atoms with Crippen LogP contribution in [0.5, 0.6) is 0 Å². The highest BCUT2D eigenvalue weighted by atomic mass is 32.2. The van der Waals surface area contributed by atoms with Crippen molar-refractivity contribution >= 4 is 16.8 Å². The monoisotopic (exact) mass is 157 g/mol.